The van der Waals surface area contributed by atoms with Crippen LogP contribution in [0.2, 0.25) is 5.02 Å². The zero-order valence-corrected chi connectivity index (χ0v) is 35.0. The number of anilines is 2. The number of hydrogen-bond donors (Lipinski definition) is 3. The molecule has 3 aromatic carbocycles. The first-order chi connectivity index (χ1) is 28.8. The van der Waals surface area contributed by atoms with Gasteiger partial charge in [0.05, 0.1) is 34.3 Å². The highest BCUT2D eigenvalue weighted by molar-refractivity contribution is 7.90. The van der Waals surface area contributed by atoms with Crippen molar-refractivity contribution in [2.45, 2.75) is 57.0 Å². The number of nitro groups is 1. The number of carbonyl (C=O) groups is 1. The van der Waals surface area contributed by atoms with Crippen molar-refractivity contribution in [2.24, 2.45) is 11.3 Å². The number of rotatable bonds is 14. The number of aromatic nitrogens is 2. The summed E-state index contributed by atoms with van der Waals surface area (Å²) in [6, 6.07) is 20.0. The fourth-order valence-electron chi connectivity index (χ4n) is 7.92. The summed E-state index contributed by atoms with van der Waals surface area (Å²) < 4.78 is 47.4. The Morgan fingerprint density at radius 2 is 1.85 bits per heavy atom. The van der Waals surface area contributed by atoms with Crippen LogP contribution < -0.4 is 19.7 Å². The second-order valence-electron chi connectivity index (χ2n) is 16.4. The number of sulfonamides is 1. The summed E-state index contributed by atoms with van der Waals surface area (Å²) in [5.74, 6) is -0.266. The molecule has 1 aliphatic carbocycles. The lowest BCUT2D eigenvalue weighted by atomic mass is 9.72. The first kappa shape index (κ1) is 41.3. The molecule has 0 unspecified atom stereocenters. The molecule has 314 valence electrons. The summed E-state index contributed by atoms with van der Waals surface area (Å²) in [6.45, 7) is 8.05. The van der Waals surface area contributed by atoms with Gasteiger partial charge in [-0.2, -0.15) is 0 Å². The maximum atomic E-state index is 13.8. The molecule has 14 nitrogen and oxygen atoms in total. The minimum absolute atomic E-state index is 0.0240. The van der Waals surface area contributed by atoms with E-state index in [9.17, 15) is 23.3 Å². The van der Waals surface area contributed by atoms with Crippen molar-refractivity contribution in [3.63, 3.8) is 0 Å². The number of halogens is 1. The highest BCUT2D eigenvalue weighted by Gasteiger charge is 2.33. The lowest BCUT2D eigenvalue weighted by molar-refractivity contribution is -0.384. The Morgan fingerprint density at radius 3 is 2.62 bits per heavy atom. The summed E-state index contributed by atoms with van der Waals surface area (Å²) in [5.41, 5.74) is 5.09. The van der Waals surface area contributed by atoms with E-state index in [1.807, 2.05) is 18.2 Å². The molecular weight excluding hydrogens is 808 g/mol. The van der Waals surface area contributed by atoms with Crippen LogP contribution in [0.15, 0.2) is 95.7 Å². The number of benzene rings is 3. The van der Waals surface area contributed by atoms with Gasteiger partial charge in [0.1, 0.15) is 22.8 Å². The van der Waals surface area contributed by atoms with Crippen LogP contribution in [-0.2, 0) is 19.5 Å². The monoisotopic (exact) mass is 854 g/mol. The van der Waals surface area contributed by atoms with E-state index in [4.69, 9.17) is 25.8 Å². The minimum atomic E-state index is -4.56. The predicted octanol–water partition coefficient (Wildman–Crippen LogP) is 8.74. The van der Waals surface area contributed by atoms with Gasteiger partial charge in [-0.05, 0) is 109 Å². The van der Waals surface area contributed by atoms with Gasteiger partial charge in [0, 0.05) is 67.3 Å². The summed E-state index contributed by atoms with van der Waals surface area (Å²) in [7, 11) is -4.56. The smallest absolute Gasteiger partial charge is 0.293 e. The number of allylic oxidation sites excluding steroid dienone is 1. The third-order valence-electron chi connectivity index (χ3n) is 11.5. The van der Waals surface area contributed by atoms with E-state index in [0.29, 0.717) is 55.9 Å². The molecule has 16 heteroatoms. The van der Waals surface area contributed by atoms with E-state index in [1.54, 1.807) is 24.4 Å². The first-order valence-corrected chi connectivity index (χ1v) is 21.9. The van der Waals surface area contributed by atoms with Gasteiger partial charge in [0.25, 0.3) is 21.6 Å². The number of carbonyl (C=O) groups excluding carboxylic acids is 1. The van der Waals surface area contributed by atoms with Crippen molar-refractivity contribution in [1.29, 1.82) is 0 Å². The fourth-order valence-corrected chi connectivity index (χ4v) is 9.04. The van der Waals surface area contributed by atoms with Crippen LogP contribution in [0.1, 0.15) is 61.9 Å². The molecule has 2 saturated heterocycles. The van der Waals surface area contributed by atoms with Gasteiger partial charge in [-0.3, -0.25) is 14.9 Å². The van der Waals surface area contributed by atoms with Crippen LogP contribution in [0.4, 0.5) is 17.1 Å². The van der Waals surface area contributed by atoms with Gasteiger partial charge in [-0.1, -0.05) is 37.6 Å². The molecule has 4 heterocycles. The minimum Gasteiger partial charge on any atom is -0.455 e. The number of fused-ring (bicyclic) bond motifs is 1. The maximum Gasteiger partial charge on any atom is 0.293 e. The highest BCUT2D eigenvalue weighted by atomic mass is 35.5. The fraction of sp³-hybridized carbons (Fsp3) is 0.364. The molecule has 2 aromatic heterocycles. The van der Waals surface area contributed by atoms with Gasteiger partial charge < -0.3 is 29.4 Å². The molecule has 0 saturated carbocycles. The number of H-pyrrole nitrogens is 1. The number of nitrogens with zero attached hydrogens (tertiary/aromatic N) is 3. The number of nitro benzene ring substituents is 1. The molecule has 3 N–H and O–H groups in total. The molecular formula is C44H47ClN6O8S. The van der Waals surface area contributed by atoms with E-state index in [-0.39, 0.29) is 34.4 Å². The summed E-state index contributed by atoms with van der Waals surface area (Å²) in [4.78, 5) is 34.3. The average molecular weight is 855 g/mol. The Kier molecular flexibility index (Phi) is 11.9. The van der Waals surface area contributed by atoms with E-state index < -0.39 is 31.4 Å². The van der Waals surface area contributed by atoms with Crippen molar-refractivity contribution in [3.8, 4) is 11.5 Å². The van der Waals surface area contributed by atoms with E-state index in [0.717, 1.165) is 49.2 Å². The van der Waals surface area contributed by atoms with Crippen molar-refractivity contribution < 1.29 is 32.3 Å². The Morgan fingerprint density at radius 1 is 1.07 bits per heavy atom. The SMILES string of the molecule is CC1(C)CCC(COC2CN(c3ccc(C(=O)NS(=O)(=O)c4ccc(NCC5CCOCC5)c([N+](=O)[O-])c4)c(Oc4cnc5[nH]ccc5c4)c3)C2)=C(c2ccc(Cl)cc2)C1. The Hall–Kier alpha value is -5.48. The zero-order valence-electron chi connectivity index (χ0n) is 33.4. The highest BCUT2D eigenvalue weighted by Crippen LogP contribution is 2.43. The molecule has 0 radical (unpaired) electrons. The van der Waals surface area contributed by atoms with Gasteiger partial charge >= 0.3 is 0 Å². The lowest BCUT2D eigenvalue weighted by Gasteiger charge is -2.41. The molecule has 3 aliphatic rings. The standard InChI is InChI=1S/C44H47ClN6O8S/c1-44(2)15-11-31(38(22-44)29-3-5-32(45)6-4-29)27-58-35-25-50(26-35)33-7-9-37(41(20-33)59-34-19-30-12-16-46-42(30)48-24-34)43(52)49-60(55,56)36-8-10-39(40(21-36)51(53)54)47-23-28-13-17-57-18-14-28/h3-10,12,16,19-21,24,28,35,47H,11,13-15,17-18,22-23,25-27H2,1-2H3,(H,46,48)(H,49,52). The third kappa shape index (κ3) is 9.44. The maximum absolute atomic E-state index is 13.8. The van der Waals surface area contributed by atoms with E-state index >= 15 is 0 Å². The first-order valence-electron chi connectivity index (χ1n) is 20.1. The number of pyridine rings is 1. The van der Waals surface area contributed by atoms with E-state index in [1.165, 1.54) is 41.1 Å². The summed E-state index contributed by atoms with van der Waals surface area (Å²) in [5, 5.41) is 16.6. The normalized spacial score (nSPS) is 17.4. The van der Waals surface area contributed by atoms with Crippen molar-refractivity contribution in [1.82, 2.24) is 14.7 Å². The van der Waals surface area contributed by atoms with Gasteiger partial charge in [0.15, 0.2) is 0 Å². The zero-order chi connectivity index (χ0) is 42.0. The van der Waals surface area contributed by atoms with Gasteiger partial charge in [-0.15, -0.1) is 0 Å². The van der Waals surface area contributed by atoms with Gasteiger partial charge in [-0.25, -0.2) is 18.1 Å². The molecule has 8 rings (SSSR count). The molecule has 0 bridgehead atoms. The van der Waals surface area contributed by atoms with Crippen LogP contribution in [0, 0.1) is 21.4 Å². The lowest BCUT2D eigenvalue weighted by Crippen LogP contribution is -2.52. The van der Waals surface area contributed by atoms with Crippen LogP contribution in [-0.4, -0.2) is 74.8 Å². The summed E-state index contributed by atoms with van der Waals surface area (Å²) >= 11 is 6.20. The predicted molar refractivity (Wildman–Crippen MR) is 230 cm³/mol. The number of ether oxygens (including phenoxy) is 3. The van der Waals surface area contributed by atoms with Gasteiger partial charge in [0.2, 0.25) is 0 Å². The number of nitrogens with one attached hydrogen (secondary N) is 3. The quantitative estimate of drug-likeness (QED) is 0.0719. The molecule has 0 spiro atoms. The molecule has 1 amide bonds. The topological polar surface area (TPSA) is 178 Å². The molecule has 0 atom stereocenters. The number of aromatic amines is 1. The molecule has 60 heavy (non-hydrogen) atoms. The molecule has 2 aliphatic heterocycles. The third-order valence-corrected chi connectivity index (χ3v) is 13.1. The Labute approximate surface area is 353 Å². The van der Waals surface area contributed by atoms with E-state index in [2.05, 4.69) is 50.9 Å². The number of amides is 1. The second kappa shape index (κ2) is 17.2. The molecule has 5 aromatic rings. The van der Waals surface area contributed by atoms with Crippen LogP contribution >= 0.6 is 11.6 Å². The van der Waals surface area contributed by atoms with Crippen LogP contribution in [0.3, 0.4) is 0 Å². The second-order valence-corrected chi connectivity index (χ2v) is 18.6. The average Bonchev–Trinajstić information content (AvgIpc) is 3.68. The Balaban J connectivity index is 0.985. The Bertz CT molecular complexity index is 2550. The largest absolute Gasteiger partial charge is 0.455 e. The van der Waals surface area contributed by atoms with Crippen LogP contribution in [0.25, 0.3) is 16.6 Å². The molecule has 2 fully saturated rings. The van der Waals surface area contributed by atoms with Crippen molar-refractivity contribution >= 4 is 61.2 Å². The number of hydrogen-bond acceptors (Lipinski definition) is 11. The van der Waals surface area contributed by atoms with Crippen molar-refractivity contribution in [2.75, 3.05) is 49.7 Å². The summed E-state index contributed by atoms with van der Waals surface area (Å²) in [6.07, 6.45) is 7.87. The van der Waals surface area contributed by atoms with Crippen molar-refractivity contribution in [3.05, 3.63) is 117 Å². The van der Waals surface area contributed by atoms with Crippen LogP contribution in [0.5, 0.6) is 11.5 Å².